The first-order chi connectivity index (χ1) is 9.86. The zero-order valence-corrected chi connectivity index (χ0v) is 11.6. The number of rotatable bonds is 5. The Bertz CT molecular complexity index is 683. The molecule has 0 radical (unpaired) electrons. The minimum absolute atomic E-state index is 0.696. The van der Waals surface area contributed by atoms with Gasteiger partial charge in [0, 0.05) is 17.1 Å². The molecule has 0 amide bonds. The Morgan fingerprint density at radius 1 is 0.850 bits per heavy atom. The Morgan fingerprint density at radius 3 is 2.45 bits per heavy atom. The lowest BCUT2D eigenvalue weighted by molar-refractivity contribution is 0.960. The van der Waals surface area contributed by atoms with Gasteiger partial charge in [-0.2, -0.15) is 0 Å². The quantitative estimate of drug-likeness (QED) is 0.728. The average molecular weight is 264 g/mol. The van der Waals surface area contributed by atoms with Gasteiger partial charge in [0.15, 0.2) is 0 Å². The van der Waals surface area contributed by atoms with Crippen LogP contribution >= 0.6 is 0 Å². The molecule has 0 aliphatic rings. The highest BCUT2D eigenvalue weighted by atomic mass is 14.7. The van der Waals surface area contributed by atoms with E-state index in [0.717, 1.165) is 19.3 Å². The van der Waals surface area contributed by atoms with Gasteiger partial charge >= 0.3 is 0 Å². The number of nitrogens with one attached hydrogen (secondary N) is 1. The number of aromatic nitrogens is 1. The lowest BCUT2D eigenvalue weighted by Gasteiger charge is -2.04. The summed E-state index contributed by atoms with van der Waals surface area (Å²) in [6, 6.07) is 17.3. The maximum atomic E-state index is 5.67. The highest BCUT2D eigenvalue weighted by Crippen LogP contribution is 2.21. The molecule has 0 saturated heterocycles. The van der Waals surface area contributed by atoms with Crippen LogP contribution in [0.4, 0.5) is 0 Å². The Hall–Kier alpha value is -2.06. The van der Waals surface area contributed by atoms with Gasteiger partial charge in [-0.3, -0.25) is 0 Å². The summed E-state index contributed by atoms with van der Waals surface area (Å²) < 4.78 is 0. The molecule has 0 fully saturated rings. The van der Waals surface area contributed by atoms with E-state index >= 15 is 0 Å². The highest BCUT2D eigenvalue weighted by Gasteiger charge is 2.04. The van der Waals surface area contributed by atoms with Crippen LogP contribution in [0.2, 0.25) is 0 Å². The molecule has 20 heavy (non-hydrogen) atoms. The number of hydrogen-bond donors (Lipinski definition) is 2. The summed E-state index contributed by atoms with van der Waals surface area (Å²) in [5, 5.41) is 1.32. The van der Waals surface area contributed by atoms with Crippen molar-refractivity contribution < 1.29 is 0 Å². The van der Waals surface area contributed by atoms with Crippen LogP contribution < -0.4 is 5.73 Å². The maximum Gasteiger partial charge on any atom is 0.0456 e. The zero-order chi connectivity index (χ0) is 13.8. The second-order valence-electron chi connectivity index (χ2n) is 5.22. The smallest absolute Gasteiger partial charge is 0.0456 e. The van der Waals surface area contributed by atoms with Crippen molar-refractivity contribution in [3.8, 4) is 0 Å². The monoisotopic (exact) mass is 264 g/mol. The van der Waals surface area contributed by atoms with Gasteiger partial charge in [-0.25, -0.2) is 0 Å². The third-order valence-electron chi connectivity index (χ3n) is 3.79. The minimum atomic E-state index is 0.696. The third kappa shape index (κ3) is 2.75. The van der Waals surface area contributed by atoms with Crippen molar-refractivity contribution in [3.63, 3.8) is 0 Å². The Morgan fingerprint density at radius 2 is 1.65 bits per heavy atom. The molecule has 0 unspecified atom stereocenters. The fourth-order valence-electron chi connectivity index (χ4n) is 2.68. The van der Waals surface area contributed by atoms with Crippen molar-refractivity contribution >= 4 is 10.9 Å². The van der Waals surface area contributed by atoms with Crippen molar-refractivity contribution in [2.24, 2.45) is 5.73 Å². The summed E-state index contributed by atoms with van der Waals surface area (Å²) in [4.78, 5) is 3.32. The molecule has 0 aliphatic heterocycles. The lowest BCUT2D eigenvalue weighted by atomic mass is 10.0. The summed E-state index contributed by atoms with van der Waals surface area (Å²) in [5.41, 5.74) is 11.0. The van der Waals surface area contributed by atoms with Crippen LogP contribution in [0.25, 0.3) is 10.9 Å². The van der Waals surface area contributed by atoms with E-state index in [-0.39, 0.29) is 0 Å². The van der Waals surface area contributed by atoms with Gasteiger partial charge in [0.25, 0.3) is 0 Å². The second-order valence-corrected chi connectivity index (χ2v) is 5.22. The van der Waals surface area contributed by atoms with E-state index in [1.54, 1.807) is 0 Å². The van der Waals surface area contributed by atoms with Crippen molar-refractivity contribution in [1.29, 1.82) is 0 Å². The minimum Gasteiger partial charge on any atom is -0.361 e. The molecule has 1 heterocycles. The number of hydrogen-bond acceptors (Lipinski definition) is 1. The molecule has 2 aromatic carbocycles. The fourth-order valence-corrected chi connectivity index (χ4v) is 2.68. The fraction of sp³-hybridized carbons (Fsp3) is 0.222. The summed E-state index contributed by atoms with van der Waals surface area (Å²) in [7, 11) is 0. The van der Waals surface area contributed by atoms with Gasteiger partial charge < -0.3 is 10.7 Å². The summed E-state index contributed by atoms with van der Waals surface area (Å²) in [6.07, 6.45) is 5.18. The van der Waals surface area contributed by atoms with Crippen LogP contribution in [0.5, 0.6) is 0 Å². The number of fused-ring (bicyclic) bond motifs is 1. The van der Waals surface area contributed by atoms with Crippen LogP contribution in [0.1, 0.15) is 16.7 Å². The first-order valence-electron chi connectivity index (χ1n) is 7.19. The topological polar surface area (TPSA) is 41.8 Å². The number of aromatic amines is 1. The molecule has 3 N–H and O–H groups in total. The van der Waals surface area contributed by atoms with E-state index in [0.29, 0.717) is 6.54 Å². The molecule has 0 spiro atoms. The summed E-state index contributed by atoms with van der Waals surface area (Å²) in [5.74, 6) is 0. The van der Waals surface area contributed by atoms with E-state index in [2.05, 4.69) is 59.7 Å². The van der Waals surface area contributed by atoms with Gasteiger partial charge in [0.2, 0.25) is 0 Å². The van der Waals surface area contributed by atoms with Crippen LogP contribution in [0.15, 0.2) is 54.7 Å². The Kier molecular flexibility index (Phi) is 3.84. The lowest BCUT2D eigenvalue weighted by Crippen LogP contribution is -2.01. The van der Waals surface area contributed by atoms with Crippen LogP contribution in [-0.4, -0.2) is 11.5 Å². The number of benzene rings is 2. The second kappa shape index (κ2) is 5.93. The summed E-state index contributed by atoms with van der Waals surface area (Å²) in [6.45, 7) is 0.696. The van der Waals surface area contributed by atoms with E-state index < -0.39 is 0 Å². The molecule has 0 saturated carbocycles. The molecule has 0 aliphatic carbocycles. The molecule has 2 heteroatoms. The predicted octanol–water partition coefficient (Wildman–Crippen LogP) is 3.45. The number of H-pyrrole nitrogens is 1. The number of nitrogens with two attached hydrogens (primary N) is 1. The molecule has 102 valence electrons. The van der Waals surface area contributed by atoms with Gasteiger partial charge in [0.1, 0.15) is 0 Å². The van der Waals surface area contributed by atoms with E-state index in [4.69, 9.17) is 5.73 Å². The van der Waals surface area contributed by atoms with Crippen LogP contribution in [-0.2, 0) is 19.3 Å². The van der Waals surface area contributed by atoms with Crippen molar-refractivity contribution in [3.05, 3.63) is 71.4 Å². The molecule has 0 atom stereocenters. The van der Waals surface area contributed by atoms with E-state index in [9.17, 15) is 0 Å². The van der Waals surface area contributed by atoms with E-state index in [1.807, 2.05) is 0 Å². The Labute approximate surface area is 119 Å². The van der Waals surface area contributed by atoms with Crippen LogP contribution in [0, 0.1) is 0 Å². The molecular weight excluding hydrogens is 244 g/mol. The van der Waals surface area contributed by atoms with Crippen molar-refractivity contribution in [2.75, 3.05) is 6.54 Å². The summed E-state index contributed by atoms with van der Waals surface area (Å²) >= 11 is 0. The van der Waals surface area contributed by atoms with Gasteiger partial charge in [-0.05, 0) is 54.6 Å². The first-order valence-corrected chi connectivity index (χ1v) is 7.19. The normalized spacial score (nSPS) is 11.1. The first kappa shape index (κ1) is 12.9. The molecule has 3 aromatic rings. The zero-order valence-electron chi connectivity index (χ0n) is 11.6. The van der Waals surface area contributed by atoms with E-state index in [1.165, 1.54) is 27.6 Å². The highest BCUT2D eigenvalue weighted by molar-refractivity contribution is 5.83. The molecule has 2 nitrogen and oxygen atoms in total. The van der Waals surface area contributed by atoms with Crippen molar-refractivity contribution in [1.82, 2.24) is 4.98 Å². The third-order valence-corrected chi connectivity index (χ3v) is 3.79. The van der Waals surface area contributed by atoms with Gasteiger partial charge in [-0.1, -0.05) is 36.4 Å². The largest absolute Gasteiger partial charge is 0.361 e. The molecular formula is C18H20N2. The molecule has 3 rings (SSSR count). The SMILES string of the molecule is NCCc1c[nH]c2ccc(CCc3ccccc3)cc12. The Balaban J connectivity index is 1.79. The molecule has 0 bridgehead atoms. The predicted molar refractivity (Wildman–Crippen MR) is 84.9 cm³/mol. The molecule has 1 aromatic heterocycles. The van der Waals surface area contributed by atoms with Gasteiger partial charge in [0.05, 0.1) is 0 Å². The maximum absolute atomic E-state index is 5.67. The van der Waals surface area contributed by atoms with Crippen molar-refractivity contribution in [2.45, 2.75) is 19.3 Å². The standard InChI is InChI=1S/C18H20N2/c19-11-10-16-13-20-18-9-8-15(12-17(16)18)7-6-14-4-2-1-3-5-14/h1-5,8-9,12-13,20H,6-7,10-11,19H2. The average Bonchev–Trinajstić information content (AvgIpc) is 2.89. The van der Waals surface area contributed by atoms with Crippen LogP contribution in [0.3, 0.4) is 0 Å². The van der Waals surface area contributed by atoms with Gasteiger partial charge in [-0.15, -0.1) is 0 Å². The number of aryl methyl sites for hydroxylation is 2.